The Hall–Kier alpha value is -3.24. The molecule has 0 aliphatic heterocycles. The van der Waals surface area contributed by atoms with Crippen LogP contribution in [0.25, 0.3) is 0 Å². The van der Waals surface area contributed by atoms with Gasteiger partial charge in [0.25, 0.3) is 15.9 Å². The van der Waals surface area contributed by atoms with Crippen LogP contribution in [0.4, 0.5) is 24.5 Å². The van der Waals surface area contributed by atoms with Gasteiger partial charge in [-0.2, -0.15) is 13.2 Å². The molecule has 3 aromatic carbocycles. The average Bonchev–Trinajstić information content (AvgIpc) is 2.74. The molecular weight excluding hydrogens is 481 g/mol. The number of ether oxygens (including phenoxy) is 1. The van der Waals surface area contributed by atoms with Crippen LogP contribution in [-0.2, 0) is 16.2 Å². The molecule has 0 saturated heterocycles. The minimum absolute atomic E-state index is 0.0543. The number of anilines is 2. The van der Waals surface area contributed by atoms with Crippen molar-refractivity contribution in [1.29, 1.82) is 0 Å². The van der Waals surface area contributed by atoms with Crippen LogP contribution in [0.1, 0.15) is 22.8 Å². The first-order chi connectivity index (χ1) is 15.5. The van der Waals surface area contributed by atoms with Gasteiger partial charge in [-0.05, 0) is 67.6 Å². The van der Waals surface area contributed by atoms with Crippen LogP contribution in [0.5, 0.6) is 5.75 Å². The Morgan fingerprint density at radius 3 is 2.33 bits per heavy atom. The third-order valence-electron chi connectivity index (χ3n) is 4.36. The molecule has 33 heavy (non-hydrogen) atoms. The fourth-order valence-corrected chi connectivity index (χ4v) is 4.10. The van der Waals surface area contributed by atoms with E-state index < -0.39 is 27.7 Å². The molecule has 11 heteroatoms. The van der Waals surface area contributed by atoms with Gasteiger partial charge in [0.15, 0.2) is 0 Å². The first-order valence-electron chi connectivity index (χ1n) is 9.53. The summed E-state index contributed by atoms with van der Waals surface area (Å²) in [6.07, 6.45) is -4.54. The van der Waals surface area contributed by atoms with Gasteiger partial charge >= 0.3 is 6.18 Å². The Balaban J connectivity index is 1.88. The summed E-state index contributed by atoms with van der Waals surface area (Å²) in [5.41, 5.74) is -0.614. The lowest BCUT2D eigenvalue weighted by Gasteiger charge is -2.15. The van der Waals surface area contributed by atoms with E-state index in [9.17, 15) is 26.4 Å². The van der Waals surface area contributed by atoms with Crippen molar-refractivity contribution < 1.29 is 31.1 Å². The van der Waals surface area contributed by atoms with Crippen LogP contribution >= 0.6 is 11.6 Å². The molecule has 3 aromatic rings. The van der Waals surface area contributed by atoms with Crippen molar-refractivity contribution in [3.05, 3.63) is 82.9 Å². The molecule has 6 nitrogen and oxygen atoms in total. The molecule has 0 saturated carbocycles. The van der Waals surface area contributed by atoms with Crippen LogP contribution in [0.15, 0.2) is 71.6 Å². The number of carbonyl (C=O) groups excluding carboxylic acids is 1. The van der Waals surface area contributed by atoms with Gasteiger partial charge in [0.2, 0.25) is 0 Å². The van der Waals surface area contributed by atoms with Crippen molar-refractivity contribution in [3.8, 4) is 5.75 Å². The number of nitrogens with one attached hydrogen (secondary N) is 2. The Bertz CT molecular complexity index is 1260. The number of alkyl halides is 3. The van der Waals surface area contributed by atoms with E-state index in [0.29, 0.717) is 5.02 Å². The fourth-order valence-electron chi connectivity index (χ4n) is 2.82. The first kappa shape index (κ1) is 24.4. The standard InChI is InChI=1S/C22H18ClF3N2O4S/c1-2-32-20-11-10-18(13-19(20)27-21(29)14-4-3-5-16(23)12-14)33(30,31)28-17-8-6-15(7-9-17)22(24,25)26/h3-13,28H,2H2,1H3,(H,27,29). The Morgan fingerprint density at radius 2 is 1.73 bits per heavy atom. The summed E-state index contributed by atoms with van der Waals surface area (Å²) in [4.78, 5) is 12.4. The maximum absolute atomic E-state index is 12.8. The molecular formula is C22H18ClF3N2O4S. The van der Waals surface area contributed by atoms with Crippen molar-refractivity contribution in [2.24, 2.45) is 0 Å². The van der Waals surface area contributed by atoms with E-state index >= 15 is 0 Å². The number of benzene rings is 3. The zero-order chi connectivity index (χ0) is 24.2. The maximum Gasteiger partial charge on any atom is 0.416 e. The van der Waals surface area contributed by atoms with E-state index in [1.165, 1.54) is 30.3 Å². The maximum atomic E-state index is 12.8. The highest BCUT2D eigenvalue weighted by Gasteiger charge is 2.30. The van der Waals surface area contributed by atoms with Gasteiger partial charge in [-0.3, -0.25) is 9.52 Å². The van der Waals surface area contributed by atoms with Crippen LogP contribution in [0.2, 0.25) is 5.02 Å². The molecule has 0 aromatic heterocycles. The molecule has 174 valence electrons. The summed E-state index contributed by atoms with van der Waals surface area (Å²) >= 11 is 5.92. The third kappa shape index (κ3) is 6.17. The number of amides is 1. The average molecular weight is 499 g/mol. The minimum Gasteiger partial charge on any atom is -0.492 e. The predicted molar refractivity (Wildman–Crippen MR) is 119 cm³/mol. The highest BCUT2D eigenvalue weighted by atomic mass is 35.5. The largest absolute Gasteiger partial charge is 0.492 e. The highest BCUT2D eigenvalue weighted by molar-refractivity contribution is 7.92. The molecule has 0 fully saturated rings. The molecule has 3 rings (SSSR count). The van der Waals surface area contributed by atoms with Crippen molar-refractivity contribution in [3.63, 3.8) is 0 Å². The molecule has 0 bridgehead atoms. The summed E-state index contributed by atoms with van der Waals surface area (Å²) in [7, 11) is -4.18. The SMILES string of the molecule is CCOc1ccc(S(=O)(=O)Nc2ccc(C(F)(F)F)cc2)cc1NC(=O)c1cccc(Cl)c1. The van der Waals surface area contributed by atoms with Gasteiger partial charge in [0.05, 0.1) is 22.8 Å². The molecule has 0 radical (unpaired) electrons. The highest BCUT2D eigenvalue weighted by Crippen LogP contribution is 2.32. The predicted octanol–water partition coefficient (Wildman–Crippen LogP) is 5.81. The van der Waals surface area contributed by atoms with E-state index in [2.05, 4.69) is 10.0 Å². The van der Waals surface area contributed by atoms with Crippen LogP contribution < -0.4 is 14.8 Å². The fraction of sp³-hybridized carbons (Fsp3) is 0.136. The monoisotopic (exact) mass is 498 g/mol. The summed E-state index contributed by atoms with van der Waals surface area (Å²) in [5.74, 6) is -0.301. The second-order valence-corrected chi connectivity index (χ2v) is 8.85. The van der Waals surface area contributed by atoms with Gasteiger partial charge in [-0.1, -0.05) is 17.7 Å². The normalized spacial score (nSPS) is 11.7. The van der Waals surface area contributed by atoms with Crippen molar-refractivity contribution in [2.45, 2.75) is 18.0 Å². The topological polar surface area (TPSA) is 84.5 Å². The quantitative estimate of drug-likeness (QED) is 0.430. The second-order valence-electron chi connectivity index (χ2n) is 6.74. The molecule has 0 aliphatic carbocycles. The Labute approximate surface area is 193 Å². The van der Waals surface area contributed by atoms with Crippen molar-refractivity contribution in [2.75, 3.05) is 16.6 Å². The molecule has 2 N–H and O–H groups in total. The Kier molecular flexibility index (Phi) is 7.19. The minimum atomic E-state index is -4.54. The molecule has 0 aliphatic rings. The van der Waals surface area contributed by atoms with E-state index in [1.54, 1.807) is 19.1 Å². The zero-order valence-corrected chi connectivity index (χ0v) is 18.7. The summed E-state index contributed by atoms with van der Waals surface area (Å²) in [5, 5.41) is 2.95. The van der Waals surface area contributed by atoms with Crippen LogP contribution in [0.3, 0.4) is 0 Å². The number of halogens is 4. The number of rotatable bonds is 7. The van der Waals surface area contributed by atoms with Crippen molar-refractivity contribution in [1.82, 2.24) is 0 Å². The summed E-state index contributed by atoms with van der Waals surface area (Å²) in [6, 6.07) is 13.6. The van der Waals surface area contributed by atoms with Crippen LogP contribution in [-0.4, -0.2) is 20.9 Å². The van der Waals surface area contributed by atoms with Gasteiger partial charge in [0, 0.05) is 16.3 Å². The van der Waals surface area contributed by atoms with Gasteiger partial charge in [-0.15, -0.1) is 0 Å². The molecule has 0 heterocycles. The van der Waals surface area contributed by atoms with Crippen molar-refractivity contribution >= 4 is 38.9 Å². The number of carbonyl (C=O) groups is 1. The first-order valence-corrected chi connectivity index (χ1v) is 11.4. The third-order valence-corrected chi connectivity index (χ3v) is 5.97. The van der Waals surface area contributed by atoms with E-state index in [1.807, 2.05) is 0 Å². The van der Waals surface area contributed by atoms with E-state index in [0.717, 1.165) is 24.3 Å². The lowest BCUT2D eigenvalue weighted by molar-refractivity contribution is -0.137. The smallest absolute Gasteiger partial charge is 0.416 e. The number of sulfonamides is 1. The summed E-state index contributed by atoms with van der Waals surface area (Å²) in [6.45, 7) is 1.98. The summed E-state index contributed by atoms with van der Waals surface area (Å²) < 4.78 is 71.5. The van der Waals surface area contributed by atoms with Gasteiger partial charge in [-0.25, -0.2) is 8.42 Å². The number of hydrogen-bond acceptors (Lipinski definition) is 4. The van der Waals surface area contributed by atoms with E-state index in [4.69, 9.17) is 16.3 Å². The molecule has 1 amide bonds. The Morgan fingerprint density at radius 1 is 1.03 bits per heavy atom. The van der Waals surface area contributed by atoms with Gasteiger partial charge in [0.1, 0.15) is 5.75 Å². The lowest BCUT2D eigenvalue weighted by Crippen LogP contribution is -2.16. The molecule has 0 unspecified atom stereocenters. The van der Waals surface area contributed by atoms with E-state index in [-0.39, 0.29) is 34.2 Å². The number of hydrogen-bond donors (Lipinski definition) is 2. The molecule has 0 atom stereocenters. The second kappa shape index (κ2) is 9.72. The zero-order valence-electron chi connectivity index (χ0n) is 17.1. The van der Waals surface area contributed by atoms with Crippen LogP contribution in [0, 0.1) is 0 Å². The van der Waals surface area contributed by atoms with Gasteiger partial charge < -0.3 is 10.1 Å². The lowest BCUT2D eigenvalue weighted by atomic mass is 10.2. The molecule has 0 spiro atoms.